The predicted octanol–water partition coefficient (Wildman–Crippen LogP) is 6.30. The lowest BCUT2D eigenvalue weighted by Crippen LogP contribution is -2.24. The second-order valence-electron chi connectivity index (χ2n) is 8.97. The van der Waals surface area contributed by atoms with Crippen LogP contribution in [0.4, 0.5) is 5.69 Å². The number of hydrogen-bond acceptors (Lipinski definition) is 3. The van der Waals surface area contributed by atoms with Crippen molar-refractivity contribution in [3.8, 4) is 5.75 Å². The van der Waals surface area contributed by atoms with Crippen molar-refractivity contribution in [2.75, 3.05) is 18.1 Å². The molecule has 5 nitrogen and oxygen atoms in total. The first-order chi connectivity index (χ1) is 16.5. The highest BCUT2D eigenvalue weighted by molar-refractivity contribution is 6.30. The summed E-state index contributed by atoms with van der Waals surface area (Å²) in [6, 6.07) is 21.9. The maximum Gasteiger partial charge on any atom is 0.227 e. The Balaban J connectivity index is 1.34. The van der Waals surface area contributed by atoms with Gasteiger partial charge in [0.15, 0.2) is 0 Å². The van der Waals surface area contributed by atoms with Gasteiger partial charge in [-0.1, -0.05) is 47.5 Å². The van der Waals surface area contributed by atoms with E-state index in [2.05, 4.69) is 36.6 Å². The molecule has 1 aliphatic heterocycles. The van der Waals surface area contributed by atoms with Gasteiger partial charge in [-0.2, -0.15) is 0 Å². The van der Waals surface area contributed by atoms with Crippen molar-refractivity contribution in [1.29, 1.82) is 0 Å². The number of carbonyl (C=O) groups excluding carboxylic acids is 1. The number of hydrogen-bond donors (Lipinski definition) is 0. The average molecular weight is 474 g/mol. The molecule has 4 aromatic rings. The van der Waals surface area contributed by atoms with Crippen LogP contribution in [-0.4, -0.2) is 28.6 Å². The summed E-state index contributed by atoms with van der Waals surface area (Å²) in [6.45, 7) is 6.16. The number of anilines is 1. The van der Waals surface area contributed by atoms with Crippen LogP contribution in [0.2, 0.25) is 5.02 Å². The van der Waals surface area contributed by atoms with Gasteiger partial charge in [0.05, 0.1) is 17.6 Å². The van der Waals surface area contributed by atoms with Crippen LogP contribution in [0.3, 0.4) is 0 Å². The van der Waals surface area contributed by atoms with Gasteiger partial charge in [-0.05, 0) is 62.2 Å². The number of para-hydroxylation sites is 2. The van der Waals surface area contributed by atoms with E-state index in [1.807, 2.05) is 53.4 Å². The lowest BCUT2D eigenvalue weighted by atomic mass is 10.1. The maximum atomic E-state index is 12.9. The molecule has 1 aliphatic rings. The third-order valence-corrected chi connectivity index (χ3v) is 6.64. The summed E-state index contributed by atoms with van der Waals surface area (Å²) in [5.41, 5.74) is 5.28. The van der Waals surface area contributed by atoms with Crippen LogP contribution < -0.4 is 9.64 Å². The quantitative estimate of drug-likeness (QED) is 0.296. The second kappa shape index (κ2) is 9.51. The normalized spacial score (nSPS) is 15.9. The molecule has 0 radical (unpaired) electrons. The first-order valence-electron chi connectivity index (χ1n) is 11.7. The van der Waals surface area contributed by atoms with Crippen molar-refractivity contribution in [1.82, 2.24) is 9.55 Å². The largest absolute Gasteiger partial charge is 0.493 e. The Morgan fingerprint density at radius 1 is 1.06 bits per heavy atom. The molecule has 1 atom stereocenters. The minimum absolute atomic E-state index is 0.0270. The number of imidazole rings is 1. The lowest BCUT2D eigenvalue weighted by molar-refractivity contribution is -0.117. The highest BCUT2D eigenvalue weighted by Gasteiger charge is 2.34. The molecule has 0 saturated carbocycles. The summed E-state index contributed by atoms with van der Waals surface area (Å²) in [7, 11) is 0. The minimum atomic E-state index is 0.0270. The van der Waals surface area contributed by atoms with Crippen LogP contribution in [-0.2, 0) is 11.3 Å². The molecule has 3 aromatic carbocycles. The summed E-state index contributed by atoms with van der Waals surface area (Å²) in [6.07, 6.45) is 1.29. The molecule has 34 heavy (non-hydrogen) atoms. The highest BCUT2D eigenvalue weighted by Crippen LogP contribution is 2.34. The zero-order chi connectivity index (χ0) is 23.7. The van der Waals surface area contributed by atoms with Gasteiger partial charge in [0, 0.05) is 36.1 Å². The number of amides is 1. The van der Waals surface area contributed by atoms with Gasteiger partial charge in [-0.3, -0.25) is 4.79 Å². The Kier molecular flexibility index (Phi) is 6.29. The van der Waals surface area contributed by atoms with Gasteiger partial charge < -0.3 is 14.2 Å². The van der Waals surface area contributed by atoms with Gasteiger partial charge in [0.2, 0.25) is 5.91 Å². The van der Waals surface area contributed by atoms with Crippen molar-refractivity contribution >= 4 is 34.2 Å². The molecular formula is C28H28ClN3O2. The van der Waals surface area contributed by atoms with Crippen molar-refractivity contribution in [2.45, 2.75) is 39.2 Å². The zero-order valence-electron chi connectivity index (χ0n) is 19.5. The van der Waals surface area contributed by atoms with E-state index in [0.717, 1.165) is 46.8 Å². The lowest BCUT2D eigenvalue weighted by Gasteiger charge is -2.18. The van der Waals surface area contributed by atoms with Crippen molar-refractivity contribution in [3.05, 3.63) is 88.7 Å². The number of ether oxygens (including phenoxy) is 1. The summed E-state index contributed by atoms with van der Waals surface area (Å²) in [5.74, 6) is 2.02. The number of aryl methyl sites for hydroxylation is 3. The number of aromatic nitrogens is 2. The molecule has 174 valence electrons. The first-order valence-corrected chi connectivity index (χ1v) is 12.1. The smallest absolute Gasteiger partial charge is 0.227 e. The number of fused-ring (bicyclic) bond motifs is 1. The number of carbonyl (C=O) groups is 1. The molecule has 5 rings (SSSR count). The van der Waals surface area contributed by atoms with Crippen LogP contribution in [0.5, 0.6) is 5.75 Å². The zero-order valence-corrected chi connectivity index (χ0v) is 20.3. The minimum Gasteiger partial charge on any atom is -0.493 e. The van der Waals surface area contributed by atoms with E-state index in [1.54, 1.807) is 0 Å². The van der Waals surface area contributed by atoms with Crippen LogP contribution in [0.25, 0.3) is 11.0 Å². The molecule has 1 saturated heterocycles. The van der Waals surface area contributed by atoms with Gasteiger partial charge in [-0.15, -0.1) is 0 Å². The van der Waals surface area contributed by atoms with Crippen LogP contribution in [0, 0.1) is 13.8 Å². The van der Waals surface area contributed by atoms with Crippen molar-refractivity contribution in [3.63, 3.8) is 0 Å². The monoisotopic (exact) mass is 473 g/mol. The summed E-state index contributed by atoms with van der Waals surface area (Å²) in [5, 5.41) is 0.629. The number of nitrogens with zero attached hydrogens (tertiary/aromatic N) is 3. The molecule has 0 unspecified atom stereocenters. The Hall–Kier alpha value is -3.31. The fourth-order valence-electron chi connectivity index (χ4n) is 4.78. The molecule has 0 N–H and O–H groups in total. The van der Waals surface area contributed by atoms with E-state index in [0.29, 0.717) is 24.6 Å². The van der Waals surface area contributed by atoms with Gasteiger partial charge in [-0.25, -0.2) is 4.98 Å². The molecule has 6 heteroatoms. The molecule has 1 fully saturated rings. The highest BCUT2D eigenvalue weighted by atomic mass is 35.5. The number of benzene rings is 3. The fourth-order valence-corrected chi connectivity index (χ4v) is 4.97. The first kappa shape index (κ1) is 22.5. The molecule has 1 amide bonds. The van der Waals surface area contributed by atoms with E-state index in [-0.39, 0.29) is 11.8 Å². The molecule has 0 aliphatic carbocycles. The summed E-state index contributed by atoms with van der Waals surface area (Å²) >= 11 is 6.17. The summed E-state index contributed by atoms with van der Waals surface area (Å²) in [4.78, 5) is 19.7. The Labute approximate surface area is 204 Å². The van der Waals surface area contributed by atoms with E-state index < -0.39 is 0 Å². The van der Waals surface area contributed by atoms with E-state index in [4.69, 9.17) is 21.3 Å². The van der Waals surface area contributed by atoms with Crippen molar-refractivity contribution in [2.24, 2.45) is 0 Å². The van der Waals surface area contributed by atoms with E-state index in [1.165, 1.54) is 5.56 Å². The molecule has 0 bridgehead atoms. The number of rotatable bonds is 7. The Morgan fingerprint density at radius 2 is 1.91 bits per heavy atom. The Bertz CT molecular complexity index is 1350. The van der Waals surface area contributed by atoms with Gasteiger partial charge >= 0.3 is 0 Å². The standard InChI is InChI=1S/C28H28ClN3O2/c1-19-11-12-26(20(2)15-19)34-14-6-13-31-25-10-4-3-9-24(25)30-28(31)21-16-27(33)32(18-21)23-8-5-7-22(29)17-23/h3-5,7-12,15,17,21H,6,13-14,16,18H2,1-2H3/t21-/m0/s1. The fraction of sp³-hybridized carbons (Fsp3) is 0.286. The maximum absolute atomic E-state index is 12.9. The van der Waals surface area contributed by atoms with Gasteiger partial charge in [0.25, 0.3) is 0 Å². The van der Waals surface area contributed by atoms with E-state index >= 15 is 0 Å². The second-order valence-corrected chi connectivity index (χ2v) is 9.40. The van der Waals surface area contributed by atoms with Crippen LogP contribution >= 0.6 is 11.6 Å². The SMILES string of the molecule is Cc1ccc(OCCCn2c([C@H]3CC(=O)N(c4cccc(Cl)c4)C3)nc3ccccc32)c(C)c1. The Morgan fingerprint density at radius 3 is 2.74 bits per heavy atom. The average Bonchev–Trinajstić information content (AvgIpc) is 3.38. The van der Waals surface area contributed by atoms with Crippen molar-refractivity contribution < 1.29 is 9.53 Å². The predicted molar refractivity (Wildman–Crippen MR) is 137 cm³/mol. The molecular weight excluding hydrogens is 446 g/mol. The molecule has 2 heterocycles. The van der Waals surface area contributed by atoms with Gasteiger partial charge in [0.1, 0.15) is 11.6 Å². The summed E-state index contributed by atoms with van der Waals surface area (Å²) < 4.78 is 8.33. The van der Waals surface area contributed by atoms with Crippen LogP contribution in [0.1, 0.15) is 35.7 Å². The molecule has 1 aromatic heterocycles. The third kappa shape index (κ3) is 4.53. The third-order valence-electron chi connectivity index (χ3n) is 6.41. The van der Waals surface area contributed by atoms with Crippen LogP contribution in [0.15, 0.2) is 66.7 Å². The van der Waals surface area contributed by atoms with E-state index in [9.17, 15) is 4.79 Å². The molecule has 0 spiro atoms. The topological polar surface area (TPSA) is 47.4 Å². The number of halogens is 1.